The second kappa shape index (κ2) is 30.5. The molecule has 9 rings (SSSR count). The molecule has 0 saturated heterocycles. The van der Waals surface area contributed by atoms with Gasteiger partial charge in [-0.1, -0.05) is 0 Å². The number of phenols is 3. The molecule has 14 N–H and O–H groups in total. The molecular formula is C55H46N12O34S9. The molecule has 0 unspecified atom stereocenters. The predicted octanol–water partition coefficient (Wildman–Crippen LogP) is 10.2. The van der Waals surface area contributed by atoms with Gasteiger partial charge in [-0.15, -0.1) is 40.9 Å². The first-order valence-corrected chi connectivity index (χ1v) is 42.3. The van der Waals surface area contributed by atoms with E-state index in [1.54, 1.807) is 0 Å². The number of aromatic hydroxyl groups is 3. The van der Waals surface area contributed by atoms with Gasteiger partial charge in [-0.2, -0.15) is 86.0 Å². The summed E-state index contributed by atoms with van der Waals surface area (Å²) in [5.41, 5.74) is -2.93. The lowest BCUT2D eigenvalue weighted by Crippen LogP contribution is -2.08. The number of nitro groups is 1. The van der Waals surface area contributed by atoms with Crippen molar-refractivity contribution in [1.82, 2.24) is 0 Å². The standard InChI is InChI=1S/C55H46N12O34S9/c1-25-14-38(43(101-11-3-13-103(76,77)78)23-37(25)61-58-34-7-4-27(17-42(34)100-10-2-12-102(73,74)75)57-63-39-19-29(104(79,80)81)15-26-16-30(105(82,83)84)20-41(68)48(26)39)62-65-51-46(108(91,92)93)21-32-31(53(51)69)6-9-36(55(32)110(97,98)99)60-64-40-24-44(106(85,86)87)33-22-47(109(94,95)96)52(54(70)49(33)50(40)56)66-59-35-8-5-28(67(71)72)18-45(35)107(88,89)90/h4-9,14-24,68-70H,2-3,10-13,56H2,1H3,(H,73,74,75)(H,76,77,78)(H,79,80,81)(H,82,83,84)(H,85,86,87)(H,88,89,90)(H,91,92,93)(H,94,95,96)(H,97,98,99)/b61-58-,63-57-,64-60?,65-62-,66-59-. The average Bonchev–Trinajstić information content (AvgIpc) is 0.742. The average molecular weight is 1710 g/mol. The first-order valence-electron chi connectivity index (χ1n) is 29.0. The minimum Gasteiger partial charge on any atom is -0.507 e. The number of fused-ring (bicyclic) bond motifs is 3. The number of ether oxygens (including phenoxy) is 2. The summed E-state index contributed by atoms with van der Waals surface area (Å²) in [7, 11) is -47.7. The van der Waals surface area contributed by atoms with Gasteiger partial charge in [-0.25, -0.2) is 0 Å². The molecule has 0 spiro atoms. The topological polar surface area (TPSA) is 761 Å². The number of aryl methyl sites for hydroxylation is 1. The van der Waals surface area contributed by atoms with Crippen molar-refractivity contribution in [3.63, 3.8) is 0 Å². The van der Waals surface area contributed by atoms with E-state index in [9.17, 15) is 142 Å². The summed E-state index contributed by atoms with van der Waals surface area (Å²) in [5, 5.41) is 79.1. The van der Waals surface area contributed by atoms with Crippen LogP contribution in [0.15, 0.2) is 189 Å². The van der Waals surface area contributed by atoms with E-state index in [0.717, 1.165) is 42.5 Å². The Hall–Kier alpha value is -10.9. The van der Waals surface area contributed by atoms with Crippen molar-refractivity contribution in [1.29, 1.82) is 0 Å². The van der Waals surface area contributed by atoms with Gasteiger partial charge in [0.2, 0.25) is 0 Å². The minimum absolute atomic E-state index is 0.0486. The van der Waals surface area contributed by atoms with E-state index in [1.807, 2.05) is 0 Å². The number of nitrogens with zero attached hydrogens (tertiary/aromatic N) is 11. The van der Waals surface area contributed by atoms with Crippen LogP contribution >= 0.6 is 0 Å². The number of hydrogen-bond donors (Lipinski definition) is 13. The van der Waals surface area contributed by atoms with Crippen molar-refractivity contribution in [2.24, 2.45) is 51.1 Å². The maximum Gasteiger partial charge on any atom is 0.297 e. The van der Waals surface area contributed by atoms with Gasteiger partial charge >= 0.3 is 0 Å². The highest BCUT2D eigenvalue weighted by Crippen LogP contribution is 2.51. The molecule has 0 heterocycles. The molecule has 9 aromatic carbocycles. The third-order valence-corrected chi connectivity index (χ3v) is 22.4. The third kappa shape index (κ3) is 19.4. The monoisotopic (exact) mass is 1710 g/mol. The first kappa shape index (κ1) is 83.2. The molecule has 0 amide bonds. The van der Waals surface area contributed by atoms with Crippen molar-refractivity contribution in [2.75, 3.05) is 30.5 Å². The fourth-order valence-corrected chi connectivity index (χ4v) is 15.4. The molecular weight excluding hydrogens is 1660 g/mol. The van der Waals surface area contributed by atoms with Gasteiger partial charge in [0, 0.05) is 46.5 Å². The van der Waals surface area contributed by atoms with Crippen LogP contribution in [0.2, 0.25) is 0 Å². The molecule has 0 radical (unpaired) electrons. The zero-order valence-electron chi connectivity index (χ0n) is 54.1. The molecule has 584 valence electrons. The Balaban J connectivity index is 1.13. The summed E-state index contributed by atoms with van der Waals surface area (Å²) in [6.07, 6.45) is -0.800. The van der Waals surface area contributed by atoms with Crippen molar-refractivity contribution >= 4 is 192 Å². The number of nitrogens with two attached hydrogens (primary N) is 1. The van der Waals surface area contributed by atoms with Gasteiger partial charge in [-0.05, 0) is 104 Å². The number of non-ortho nitro benzene ring substituents is 1. The molecule has 0 saturated carbocycles. The number of hydrogen-bond acceptors (Lipinski definition) is 36. The van der Waals surface area contributed by atoms with Crippen LogP contribution in [0, 0.1) is 17.0 Å². The maximum absolute atomic E-state index is 13.4. The quantitative estimate of drug-likeness (QED) is 0.00541. The number of benzene rings is 9. The molecule has 0 atom stereocenters. The first-order chi connectivity index (χ1) is 50.6. The predicted molar refractivity (Wildman–Crippen MR) is 375 cm³/mol. The molecule has 0 aliphatic heterocycles. The van der Waals surface area contributed by atoms with Gasteiger partial charge < -0.3 is 30.5 Å². The minimum atomic E-state index is -5.84. The number of nitro benzene ring substituents is 1. The highest BCUT2D eigenvalue weighted by atomic mass is 32.3. The van der Waals surface area contributed by atoms with Gasteiger partial charge in [-0.3, -0.25) is 51.1 Å². The van der Waals surface area contributed by atoms with Crippen molar-refractivity contribution in [3.8, 4) is 28.7 Å². The number of nitrogen functional groups attached to an aromatic ring is 1. The molecule has 0 aliphatic carbocycles. The molecule has 55 heteroatoms. The lowest BCUT2D eigenvalue weighted by atomic mass is 10.0. The van der Waals surface area contributed by atoms with Crippen molar-refractivity contribution in [3.05, 3.63) is 119 Å². The van der Waals surface area contributed by atoms with Crippen molar-refractivity contribution in [2.45, 2.75) is 54.0 Å². The highest BCUT2D eigenvalue weighted by Gasteiger charge is 2.32. The van der Waals surface area contributed by atoms with Crippen LogP contribution < -0.4 is 15.2 Å². The number of rotatable bonds is 28. The van der Waals surface area contributed by atoms with Crippen LogP contribution in [-0.2, 0) is 91.1 Å². The van der Waals surface area contributed by atoms with Crippen molar-refractivity contribution < 1.29 is 146 Å². The van der Waals surface area contributed by atoms with E-state index < -0.39 is 257 Å². The zero-order valence-corrected chi connectivity index (χ0v) is 61.4. The summed E-state index contributed by atoms with van der Waals surface area (Å²) in [6, 6.07) is 12.2. The summed E-state index contributed by atoms with van der Waals surface area (Å²) < 4.78 is 325. The largest absolute Gasteiger partial charge is 0.507 e. The Labute approximate surface area is 617 Å². The summed E-state index contributed by atoms with van der Waals surface area (Å²) in [6.45, 7) is 0.286. The van der Waals surface area contributed by atoms with Gasteiger partial charge in [0.1, 0.15) is 81.5 Å². The molecule has 0 aliphatic rings. The van der Waals surface area contributed by atoms with Gasteiger partial charge in [0.05, 0.1) is 73.0 Å². The molecule has 0 bridgehead atoms. The van der Waals surface area contributed by atoms with Gasteiger partial charge in [0.25, 0.3) is 96.8 Å². The molecule has 46 nitrogen and oxygen atoms in total. The van der Waals surface area contributed by atoms with E-state index in [-0.39, 0.29) is 57.7 Å². The smallest absolute Gasteiger partial charge is 0.297 e. The van der Waals surface area contributed by atoms with E-state index in [4.69, 9.17) is 15.2 Å². The number of anilines is 1. The lowest BCUT2D eigenvalue weighted by molar-refractivity contribution is -0.385. The van der Waals surface area contributed by atoms with Crippen LogP contribution in [0.4, 0.5) is 68.2 Å². The number of phenolic OH excluding ortho intramolecular Hbond substituents is 3. The van der Waals surface area contributed by atoms with Crippen LogP contribution in [-0.4, -0.2) is 162 Å². The van der Waals surface area contributed by atoms with Crippen LogP contribution in [0.1, 0.15) is 18.4 Å². The Morgan fingerprint density at radius 1 is 0.400 bits per heavy atom. The van der Waals surface area contributed by atoms with Crippen LogP contribution in [0.3, 0.4) is 0 Å². The van der Waals surface area contributed by atoms with E-state index in [1.165, 1.54) is 19.1 Å². The lowest BCUT2D eigenvalue weighted by Gasteiger charge is -2.15. The summed E-state index contributed by atoms with van der Waals surface area (Å²) in [4.78, 5) is 1.18. The second-order valence-corrected chi connectivity index (χ2v) is 35.2. The molecule has 0 aromatic heterocycles. The molecule has 0 fully saturated rings. The van der Waals surface area contributed by atoms with E-state index in [0.29, 0.717) is 36.4 Å². The second-order valence-electron chi connectivity index (χ2n) is 22.3. The SMILES string of the molecule is Cc1cc(/N=N\c2c(S(=O)(=O)O)cc3c(S(=O)(=O)O)c(N=Nc4cc(S(=O)(=O)O)c5cc(S(=O)(=O)O)c(/N=N\c6ccc([N+](=O)[O-])cc6S(=O)(=O)O)c(O)c5c4N)ccc3c2O)c(OCCCS(=O)(=O)O)cc1/N=N\c1ccc(/N=N\c2cc(S(=O)(=O)O)cc3cc(S(=O)(=O)O)cc(O)c23)cc1OCCCS(=O)(=O)O. The Kier molecular flexibility index (Phi) is 23.1. The Morgan fingerprint density at radius 2 is 0.873 bits per heavy atom. The Morgan fingerprint density at radius 3 is 1.41 bits per heavy atom. The van der Waals surface area contributed by atoms with E-state index >= 15 is 0 Å². The van der Waals surface area contributed by atoms with Crippen LogP contribution in [0.25, 0.3) is 32.3 Å². The fraction of sp³-hybridized carbons (Fsp3) is 0.127. The van der Waals surface area contributed by atoms with Gasteiger partial charge in [0.15, 0.2) is 11.5 Å². The Bertz CT molecular complexity index is 6720. The normalized spacial score (nSPS) is 13.4. The molecule has 9 aromatic rings. The maximum atomic E-state index is 13.4. The highest BCUT2D eigenvalue weighted by molar-refractivity contribution is 7.88. The summed E-state index contributed by atoms with van der Waals surface area (Å²) >= 11 is 0. The third-order valence-electron chi connectivity index (χ3n) is 14.7. The van der Waals surface area contributed by atoms with Crippen LogP contribution in [0.5, 0.6) is 28.7 Å². The van der Waals surface area contributed by atoms with E-state index in [2.05, 4.69) is 51.1 Å². The summed E-state index contributed by atoms with van der Waals surface area (Å²) in [5.74, 6) is -6.26. The zero-order chi connectivity index (χ0) is 81.7. The fourth-order valence-electron chi connectivity index (χ4n) is 9.93. The number of azo groups is 5. The molecule has 110 heavy (non-hydrogen) atoms.